The first-order valence-corrected chi connectivity index (χ1v) is 9.95. The van der Waals surface area contributed by atoms with E-state index in [4.69, 9.17) is 4.99 Å². The second kappa shape index (κ2) is 11.0. The van der Waals surface area contributed by atoms with E-state index in [0.29, 0.717) is 5.92 Å². The minimum Gasteiger partial charge on any atom is -0.368 e. The Morgan fingerprint density at radius 3 is 2.41 bits per heavy atom. The quantitative estimate of drug-likeness (QED) is 0.392. The molecule has 0 aromatic heterocycles. The Balaban J connectivity index is 0.00000261. The van der Waals surface area contributed by atoms with E-state index in [1.54, 1.807) is 0 Å². The summed E-state index contributed by atoms with van der Waals surface area (Å²) in [4.78, 5) is 12.1. The van der Waals surface area contributed by atoms with E-state index in [9.17, 15) is 4.39 Å². The van der Waals surface area contributed by atoms with Crippen LogP contribution in [0.2, 0.25) is 0 Å². The second-order valence-corrected chi connectivity index (χ2v) is 7.19. The Kier molecular flexibility index (Phi) is 9.08. The number of piperazine rings is 1. The molecule has 3 rings (SSSR count). The molecule has 1 unspecified atom stereocenters. The van der Waals surface area contributed by atoms with Gasteiger partial charge in [-0.2, -0.15) is 0 Å². The van der Waals surface area contributed by atoms with Gasteiger partial charge in [-0.1, -0.05) is 6.92 Å². The van der Waals surface area contributed by atoms with Gasteiger partial charge in [0.05, 0.1) is 0 Å². The highest BCUT2D eigenvalue weighted by Gasteiger charge is 2.23. The van der Waals surface area contributed by atoms with Crippen molar-refractivity contribution in [2.24, 2.45) is 10.9 Å². The lowest BCUT2D eigenvalue weighted by Gasteiger charge is -2.37. The molecular formula is C20H33FIN5. The predicted octanol–water partition coefficient (Wildman–Crippen LogP) is 2.87. The van der Waals surface area contributed by atoms with Crippen LogP contribution in [-0.2, 0) is 0 Å². The molecule has 152 valence electrons. The first kappa shape index (κ1) is 22.2. The fourth-order valence-corrected chi connectivity index (χ4v) is 3.82. The summed E-state index contributed by atoms with van der Waals surface area (Å²) in [7, 11) is 0. The molecule has 7 heteroatoms. The molecule has 2 aliphatic rings. The van der Waals surface area contributed by atoms with Gasteiger partial charge in [0, 0.05) is 51.5 Å². The molecule has 2 aliphatic heterocycles. The molecule has 1 N–H and O–H groups in total. The van der Waals surface area contributed by atoms with Crippen molar-refractivity contribution in [2.75, 3.05) is 63.8 Å². The molecule has 2 heterocycles. The summed E-state index contributed by atoms with van der Waals surface area (Å²) in [6.07, 6.45) is 1.26. The van der Waals surface area contributed by atoms with Crippen molar-refractivity contribution < 1.29 is 4.39 Å². The number of guanidine groups is 1. The van der Waals surface area contributed by atoms with Crippen molar-refractivity contribution in [1.29, 1.82) is 0 Å². The van der Waals surface area contributed by atoms with Gasteiger partial charge in [-0.15, -0.1) is 24.0 Å². The van der Waals surface area contributed by atoms with Crippen molar-refractivity contribution in [3.63, 3.8) is 0 Å². The Morgan fingerprint density at radius 2 is 1.81 bits per heavy atom. The molecular weight excluding hydrogens is 456 g/mol. The van der Waals surface area contributed by atoms with Crippen molar-refractivity contribution in [2.45, 2.75) is 20.3 Å². The monoisotopic (exact) mass is 489 g/mol. The molecule has 0 aliphatic carbocycles. The smallest absolute Gasteiger partial charge is 0.194 e. The van der Waals surface area contributed by atoms with Gasteiger partial charge in [0.2, 0.25) is 0 Å². The first-order chi connectivity index (χ1) is 12.7. The minimum absolute atomic E-state index is 0. The molecule has 1 aromatic carbocycles. The lowest BCUT2D eigenvalue weighted by Crippen LogP contribution is -2.52. The molecule has 27 heavy (non-hydrogen) atoms. The van der Waals surface area contributed by atoms with Gasteiger partial charge in [-0.25, -0.2) is 4.39 Å². The number of hydrogen-bond acceptors (Lipinski definition) is 3. The highest BCUT2D eigenvalue weighted by molar-refractivity contribution is 14.0. The van der Waals surface area contributed by atoms with Crippen LogP contribution in [0.25, 0.3) is 0 Å². The Hall–Kier alpha value is -1.09. The van der Waals surface area contributed by atoms with E-state index in [1.807, 2.05) is 12.1 Å². The zero-order valence-corrected chi connectivity index (χ0v) is 18.9. The fraction of sp³-hybridized carbons (Fsp3) is 0.650. The Labute approximate surface area is 180 Å². The number of aliphatic imine (C=N–C) groups is 1. The SMILES string of the molecule is CCNC(=NCC1CCN(CC)C1)N1CCN(c2ccc(F)cc2)CC1.I. The lowest BCUT2D eigenvalue weighted by atomic mass is 10.1. The largest absolute Gasteiger partial charge is 0.368 e. The van der Waals surface area contributed by atoms with Gasteiger partial charge < -0.3 is 20.0 Å². The van der Waals surface area contributed by atoms with Crippen molar-refractivity contribution in [3.05, 3.63) is 30.1 Å². The van der Waals surface area contributed by atoms with Crippen LogP contribution in [-0.4, -0.2) is 74.7 Å². The summed E-state index contributed by atoms with van der Waals surface area (Å²) in [6, 6.07) is 6.80. The highest BCUT2D eigenvalue weighted by Crippen LogP contribution is 2.18. The molecule has 0 amide bonds. The number of anilines is 1. The fourth-order valence-electron chi connectivity index (χ4n) is 3.82. The summed E-state index contributed by atoms with van der Waals surface area (Å²) in [6.45, 7) is 13.4. The van der Waals surface area contributed by atoms with E-state index >= 15 is 0 Å². The Bertz CT molecular complexity index is 587. The topological polar surface area (TPSA) is 34.1 Å². The van der Waals surface area contributed by atoms with Gasteiger partial charge in [-0.3, -0.25) is 4.99 Å². The van der Waals surface area contributed by atoms with E-state index in [2.05, 4.69) is 33.9 Å². The van der Waals surface area contributed by atoms with Gasteiger partial charge >= 0.3 is 0 Å². The average Bonchev–Trinajstić information content (AvgIpc) is 3.14. The molecule has 2 fully saturated rings. The molecule has 1 atom stereocenters. The van der Waals surface area contributed by atoms with Crippen molar-refractivity contribution in [1.82, 2.24) is 15.1 Å². The number of hydrogen-bond donors (Lipinski definition) is 1. The third kappa shape index (κ3) is 6.20. The summed E-state index contributed by atoms with van der Waals surface area (Å²) in [5.41, 5.74) is 1.10. The van der Waals surface area contributed by atoms with E-state index in [-0.39, 0.29) is 29.8 Å². The molecule has 0 bridgehead atoms. The Morgan fingerprint density at radius 1 is 1.11 bits per heavy atom. The number of benzene rings is 1. The van der Waals surface area contributed by atoms with Gasteiger partial charge in [0.1, 0.15) is 5.82 Å². The maximum atomic E-state index is 13.1. The maximum Gasteiger partial charge on any atom is 0.194 e. The zero-order valence-electron chi connectivity index (χ0n) is 16.5. The lowest BCUT2D eigenvalue weighted by molar-refractivity contribution is 0.342. The number of nitrogens with zero attached hydrogens (tertiary/aromatic N) is 4. The van der Waals surface area contributed by atoms with E-state index < -0.39 is 0 Å². The number of halogens is 2. The molecule has 5 nitrogen and oxygen atoms in total. The van der Waals surface area contributed by atoms with Crippen LogP contribution >= 0.6 is 24.0 Å². The highest BCUT2D eigenvalue weighted by atomic mass is 127. The zero-order chi connectivity index (χ0) is 18.4. The summed E-state index contributed by atoms with van der Waals surface area (Å²) in [5, 5.41) is 3.46. The third-order valence-electron chi connectivity index (χ3n) is 5.42. The van der Waals surface area contributed by atoms with Crippen LogP contribution in [0, 0.1) is 11.7 Å². The third-order valence-corrected chi connectivity index (χ3v) is 5.42. The van der Waals surface area contributed by atoms with Crippen LogP contribution in [0.5, 0.6) is 0 Å². The predicted molar refractivity (Wildman–Crippen MR) is 122 cm³/mol. The van der Waals surface area contributed by atoms with Crippen LogP contribution in [0.3, 0.4) is 0 Å². The maximum absolute atomic E-state index is 13.1. The molecule has 2 saturated heterocycles. The molecule has 1 aromatic rings. The summed E-state index contributed by atoms with van der Waals surface area (Å²) < 4.78 is 13.1. The van der Waals surface area contributed by atoms with Crippen LogP contribution in [0.15, 0.2) is 29.3 Å². The van der Waals surface area contributed by atoms with E-state index in [1.165, 1.54) is 31.6 Å². The van der Waals surface area contributed by atoms with Gasteiger partial charge in [0.15, 0.2) is 5.96 Å². The van der Waals surface area contributed by atoms with Crippen LogP contribution < -0.4 is 10.2 Å². The first-order valence-electron chi connectivity index (χ1n) is 9.95. The summed E-state index contributed by atoms with van der Waals surface area (Å²) in [5.74, 6) is 1.55. The standard InChI is InChI=1S/C20H32FN5.HI/c1-3-22-20(23-15-17-9-10-24(4-2)16-17)26-13-11-25(12-14-26)19-7-5-18(21)6-8-19;/h5-8,17H,3-4,9-16H2,1-2H3,(H,22,23);1H. The average molecular weight is 489 g/mol. The number of nitrogens with one attached hydrogen (secondary N) is 1. The van der Waals surface area contributed by atoms with Gasteiger partial charge in [0.25, 0.3) is 0 Å². The van der Waals surface area contributed by atoms with Gasteiger partial charge in [-0.05, 0) is 56.6 Å². The molecule has 0 saturated carbocycles. The van der Waals surface area contributed by atoms with Crippen LogP contribution in [0.1, 0.15) is 20.3 Å². The van der Waals surface area contributed by atoms with E-state index in [0.717, 1.165) is 57.5 Å². The van der Waals surface area contributed by atoms with Crippen molar-refractivity contribution in [3.8, 4) is 0 Å². The minimum atomic E-state index is -0.178. The van der Waals surface area contributed by atoms with Crippen LogP contribution in [0.4, 0.5) is 10.1 Å². The molecule has 0 spiro atoms. The summed E-state index contributed by atoms with van der Waals surface area (Å²) >= 11 is 0. The second-order valence-electron chi connectivity index (χ2n) is 7.19. The normalized spacial score (nSPS) is 21.3. The number of rotatable bonds is 5. The molecule has 0 radical (unpaired) electrons. The van der Waals surface area contributed by atoms with Crippen molar-refractivity contribution >= 4 is 35.6 Å². The number of likely N-dealkylation sites (tertiary alicyclic amines) is 1.